The predicted octanol–water partition coefficient (Wildman–Crippen LogP) is -0.796. The number of nitrogens with zero attached hydrogens (tertiary/aromatic N) is 2. The van der Waals surface area contributed by atoms with Crippen molar-refractivity contribution < 1.29 is 4.79 Å². The number of hydrogen-bond donors (Lipinski definition) is 2. The summed E-state index contributed by atoms with van der Waals surface area (Å²) in [7, 11) is 0. The Morgan fingerprint density at radius 3 is 3.00 bits per heavy atom. The van der Waals surface area contributed by atoms with Gasteiger partial charge in [0.05, 0.1) is 0 Å². The van der Waals surface area contributed by atoms with Gasteiger partial charge >= 0.3 is 0 Å². The molecule has 1 atom stereocenters. The summed E-state index contributed by atoms with van der Waals surface area (Å²) in [4.78, 5) is 24.5. The van der Waals surface area contributed by atoms with Gasteiger partial charge in [-0.25, -0.2) is 5.10 Å². The molecule has 6 nitrogen and oxygen atoms in total. The minimum absolute atomic E-state index is 0.135. The maximum Gasteiger partial charge on any atom is 0.274 e. The molecule has 0 spiro atoms. The highest BCUT2D eigenvalue weighted by Crippen LogP contribution is 2.03. The Bertz CT molecular complexity index is 422. The quantitative estimate of drug-likeness (QED) is 0.652. The van der Waals surface area contributed by atoms with Crippen molar-refractivity contribution in [2.45, 2.75) is 13.0 Å². The van der Waals surface area contributed by atoms with Gasteiger partial charge in [-0.2, -0.15) is 5.10 Å². The van der Waals surface area contributed by atoms with Crippen LogP contribution in [0.2, 0.25) is 0 Å². The van der Waals surface area contributed by atoms with Gasteiger partial charge in [0.1, 0.15) is 5.69 Å². The van der Waals surface area contributed by atoms with Crippen LogP contribution in [-0.4, -0.2) is 46.7 Å². The molecular formula is C10H14N4O2. The summed E-state index contributed by atoms with van der Waals surface area (Å²) in [6.07, 6.45) is 0. The second-order valence-electron chi connectivity index (χ2n) is 3.91. The number of carbonyl (C=O) groups excluding carboxylic acids is 1. The smallest absolute Gasteiger partial charge is 0.274 e. The van der Waals surface area contributed by atoms with Crippen LogP contribution in [0, 0.1) is 0 Å². The number of aromatic nitrogens is 2. The molecule has 1 saturated heterocycles. The lowest BCUT2D eigenvalue weighted by molar-refractivity contribution is 0.0702. The number of carbonyl (C=O) groups is 1. The topological polar surface area (TPSA) is 78.1 Å². The molecule has 16 heavy (non-hydrogen) atoms. The minimum atomic E-state index is -0.301. The number of aromatic amines is 1. The van der Waals surface area contributed by atoms with Crippen LogP contribution in [0.5, 0.6) is 0 Å². The van der Waals surface area contributed by atoms with Crippen LogP contribution in [0.15, 0.2) is 16.9 Å². The molecular weight excluding hydrogens is 208 g/mol. The lowest BCUT2D eigenvalue weighted by Crippen LogP contribution is -2.51. The van der Waals surface area contributed by atoms with E-state index in [1.165, 1.54) is 12.1 Å². The zero-order valence-corrected chi connectivity index (χ0v) is 9.06. The third-order valence-electron chi connectivity index (χ3n) is 2.55. The van der Waals surface area contributed by atoms with E-state index in [2.05, 4.69) is 15.5 Å². The van der Waals surface area contributed by atoms with Gasteiger partial charge in [-0.15, -0.1) is 0 Å². The first kappa shape index (κ1) is 10.8. The Kier molecular flexibility index (Phi) is 3.00. The third kappa shape index (κ3) is 2.27. The van der Waals surface area contributed by atoms with Crippen LogP contribution in [-0.2, 0) is 0 Å². The number of hydrogen-bond acceptors (Lipinski definition) is 4. The van der Waals surface area contributed by atoms with Crippen LogP contribution in [0.1, 0.15) is 17.4 Å². The summed E-state index contributed by atoms with van der Waals surface area (Å²) in [6.45, 7) is 4.15. The number of rotatable bonds is 1. The van der Waals surface area contributed by atoms with Crippen molar-refractivity contribution in [2.24, 2.45) is 0 Å². The zero-order valence-electron chi connectivity index (χ0n) is 9.06. The lowest BCUT2D eigenvalue weighted by atomic mass is 10.2. The van der Waals surface area contributed by atoms with Gasteiger partial charge in [0.15, 0.2) is 0 Å². The summed E-state index contributed by atoms with van der Waals surface area (Å²) in [5.41, 5.74) is -0.0149. The average molecular weight is 222 g/mol. The monoisotopic (exact) mass is 222 g/mol. The van der Waals surface area contributed by atoms with E-state index in [0.29, 0.717) is 19.1 Å². The molecule has 2 heterocycles. The van der Waals surface area contributed by atoms with E-state index in [1.54, 1.807) is 4.90 Å². The molecule has 1 aliphatic rings. The van der Waals surface area contributed by atoms with Crippen LogP contribution in [0.25, 0.3) is 0 Å². The average Bonchev–Trinajstić information content (AvgIpc) is 2.29. The molecule has 0 unspecified atom stereocenters. The molecule has 0 radical (unpaired) electrons. The normalized spacial score (nSPS) is 20.8. The Labute approximate surface area is 92.7 Å². The van der Waals surface area contributed by atoms with Gasteiger partial charge in [-0.05, 0) is 13.0 Å². The first-order valence-corrected chi connectivity index (χ1v) is 5.25. The standard InChI is InChI=1S/C10H14N4O2/c1-7-6-14(5-4-11-7)10(16)8-2-3-9(15)13-12-8/h2-3,7,11H,4-6H2,1H3,(H,13,15)/t7-/m1/s1. The predicted molar refractivity (Wildman–Crippen MR) is 58.2 cm³/mol. The SMILES string of the molecule is C[C@@H]1CN(C(=O)c2ccc(=O)[nH]n2)CCN1. The zero-order chi connectivity index (χ0) is 11.5. The molecule has 2 rings (SSSR count). The first-order valence-electron chi connectivity index (χ1n) is 5.25. The highest BCUT2D eigenvalue weighted by Gasteiger charge is 2.22. The van der Waals surface area contributed by atoms with Gasteiger partial charge in [0, 0.05) is 31.7 Å². The molecule has 1 aromatic rings. The van der Waals surface area contributed by atoms with E-state index >= 15 is 0 Å². The van der Waals surface area contributed by atoms with Crippen molar-refractivity contribution in [3.05, 3.63) is 28.2 Å². The molecule has 1 aromatic heterocycles. The number of H-pyrrole nitrogens is 1. The van der Waals surface area contributed by atoms with E-state index in [1.807, 2.05) is 6.92 Å². The van der Waals surface area contributed by atoms with Crippen LogP contribution >= 0.6 is 0 Å². The molecule has 1 aliphatic heterocycles. The highest BCUT2D eigenvalue weighted by molar-refractivity contribution is 5.92. The molecule has 0 saturated carbocycles. The molecule has 0 aliphatic carbocycles. The fourth-order valence-corrected chi connectivity index (χ4v) is 1.74. The van der Waals surface area contributed by atoms with Crippen molar-refractivity contribution >= 4 is 5.91 Å². The Hall–Kier alpha value is -1.69. The maximum absolute atomic E-state index is 12.0. The minimum Gasteiger partial charge on any atom is -0.334 e. The summed E-state index contributed by atoms with van der Waals surface area (Å²) in [6, 6.07) is 3.06. The Morgan fingerprint density at radius 2 is 2.38 bits per heavy atom. The maximum atomic E-state index is 12.0. The molecule has 6 heteroatoms. The van der Waals surface area contributed by atoms with Crippen molar-refractivity contribution in [2.75, 3.05) is 19.6 Å². The van der Waals surface area contributed by atoms with E-state index in [4.69, 9.17) is 0 Å². The summed E-state index contributed by atoms with van der Waals surface area (Å²) < 4.78 is 0. The Balaban J connectivity index is 2.12. The first-order chi connectivity index (χ1) is 7.66. The van der Waals surface area contributed by atoms with Crippen molar-refractivity contribution in [1.29, 1.82) is 0 Å². The second kappa shape index (κ2) is 4.44. The van der Waals surface area contributed by atoms with Gasteiger partial charge in [0.25, 0.3) is 11.5 Å². The lowest BCUT2D eigenvalue weighted by Gasteiger charge is -2.31. The fraction of sp³-hybridized carbons (Fsp3) is 0.500. The molecule has 0 aromatic carbocycles. The molecule has 0 bridgehead atoms. The fourth-order valence-electron chi connectivity index (χ4n) is 1.74. The van der Waals surface area contributed by atoms with Gasteiger partial charge < -0.3 is 10.2 Å². The summed E-state index contributed by atoms with van der Waals surface area (Å²) in [5.74, 6) is -0.135. The number of nitrogens with one attached hydrogen (secondary N) is 2. The molecule has 2 N–H and O–H groups in total. The van der Waals surface area contributed by atoms with Crippen molar-refractivity contribution in [1.82, 2.24) is 20.4 Å². The third-order valence-corrected chi connectivity index (χ3v) is 2.55. The van der Waals surface area contributed by atoms with Gasteiger partial charge in [-0.3, -0.25) is 9.59 Å². The Morgan fingerprint density at radius 1 is 1.56 bits per heavy atom. The van der Waals surface area contributed by atoms with E-state index in [-0.39, 0.29) is 17.2 Å². The highest BCUT2D eigenvalue weighted by atomic mass is 16.2. The number of amides is 1. The summed E-state index contributed by atoms with van der Waals surface area (Å²) in [5, 5.41) is 9.25. The molecule has 86 valence electrons. The molecule has 1 amide bonds. The van der Waals surface area contributed by atoms with E-state index in [0.717, 1.165) is 6.54 Å². The second-order valence-corrected chi connectivity index (χ2v) is 3.91. The van der Waals surface area contributed by atoms with Gasteiger partial charge in [0.2, 0.25) is 0 Å². The van der Waals surface area contributed by atoms with E-state index in [9.17, 15) is 9.59 Å². The van der Waals surface area contributed by atoms with Crippen LogP contribution < -0.4 is 10.9 Å². The van der Waals surface area contributed by atoms with Crippen molar-refractivity contribution in [3.63, 3.8) is 0 Å². The van der Waals surface area contributed by atoms with Crippen molar-refractivity contribution in [3.8, 4) is 0 Å². The van der Waals surface area contributed by atoms with E-state index < -0.39 is 0 Å². The number of piperazine rings is 1. The van der Waals surface area contributed by atoms with Crippen LogP contribution in [0.4, 0.5) is 0 Å². The van der Waals surface area contributed by atoms with Crippen LogP contribution in [0.3, 0.4) is 0 Å². The van der Waals surface area contributed by atoms with Gasteiger partial charge in [-0.1, -0.05) is 0 Å². The largest absolute Gasteiger partial charge is 0.334 e. The molecule has 1 fully saturated rings. The summed E-state index contributed by atoms with van der Waals surface area (Å²) >= 11 is 0.